The molecule has 0 spiro atoms. The fraction of sp³-hybridized carbons (Fsp3) is 0.176. The average Bonchev–Trinajstić information content (AvgIpc) is 2.53. The van der Waals surface area contributed by atoms with Gasteiger partial charge in [-0.2, -0.15) is 13.2 Å². The molecule has 2 N–H and O–H groups in total. The standard InChI is InChI=1S/C17H14F3NO.ClH/c18-17(19,20)14-4-1-11(2-5-14)12-3-6-15-13(10-21)7-8-22-16(15)9-12;/h1-7,9H,8,10,21H2;1H. The fourth-order valence-corrected chi connectivity index (χ4v) is 2.47. The summed E-state index contributed by atoms with van der Waals surface area (Å²) in [6.07, 6.45) is -2.39. The Balaban J connectivity index is 0.00000192. The molecule has 0 amide bonds. The normalized spacial score (nSPS) is 13.5. The zero-order valence-electron chi connectivity index (χ0n) is 12.1. The van der Waals surface area contributed by atoms with E-state index in [9.17, 15) is 13.2 Å². The predicted molar refractivity (Wildman–Crippen MR) is 86.7 cm³/mol. The van der Waals surface area contributed by atoms with Gasteiger partial charge in [0.2, 0.25) is 0 Å². The van der Waals surface area contributed by atoms with Crippen molar-refractivity contribution in [2.24, 2.45) is 5.73 Å². The Bertz CT molecular complexity index is 724. The van der Waals surface area contributed by atoms with Gasteiger partial charge in [-0.15, -0.1) is 12.4 Å². The van der Waals surface area contributed by atoms with Gasteiger partial charge >= 0.3 is 6.18 Å². The van der Waals surface area contributed by atoms with E-state index in [1.54, 1.807) is 0 Å². The molecule has 0 saturated carbocycles. The van der Waals surface area contributed by atoms with E-state index in [4.69, 9.17) is 10.5 Å². The first-order chi connectivity index (χ1) is 10.5. The summed E-state index contributed by atoms with van der Waals surface area (Å²) >= 11 is 0. The summed E-state index contributed by atoms with van der Waals surface area (Å²) in [5.74, 6) is 0.709. The van der Waals surface area contributed by atoms with Crippen LogP contribution in [0.25, 0.3) is 16.7 Å². The Morgan fingerprint density at radius 2 is 1.65 bits per heavy atom. The summed E-state index contributed by atoms with van der Waals surface area (Å²) in [5.41, 5.74) is 8.51. The van der Waals surface area contributed by atoms with Crippen molar-refractivity contribution in [3.05, 3.63) is 59.7 Å². The second-order valence-corrected chi connectivity index (χ2v) is 5.03. The highest BCUT2D eigenvalue weighted by atomic mass is 35.5. The Morgan fingerprint density at radius 3 is 2.26 bits per heavy atom. The second kappa shape index (κ2) is 6.64. The van der Waals surface area contributed by atoms with Crippen LogP contribution in [0.3, 0.4) is 0 Å². The second-order valence-electron chi connectivity index (χ2n) is 5.03. The Morgan fingerprint density at radius 1 is 1.00 bits per heavy atom. The maximum atomic E-state index is 12.6. The van der Waals surface area contributed by atoms with E-state index in [-0.39, 0.29) is 12.4 Å². The van der Waals surface area contributed by atoms with E-state index in [1.807, 2.05) is 24.3 Å². The zero-order chi connectivity index (χ0) is 15.7. The lowest BCUT2D eigenvalue weighted by Crippen LogP contribution is -2.11. The third-order valence-corrected chi connectivity index (χ3v) is 3.66. The van der Waals surface area contributed by atoms with Gasteiger partial charge in [0, 0.05) is 12.1 Å². The van der Waals surface area contributed by atoms with Gasteiger partial charge in [-0.3, -0.25) is 0 Å². The number of benzene rings is 2. The number of fused-ring (bicyclic) bond motifs is 1. The van der Waals surface area contributed by atoms with Crippen LogP contribution in [0.5, 0.6) is 5.75 Å². The molecule has 122 valence electrons. The van der Waals surface area contributed by atoms with Crippen LogP contribution < -0.4 is 10.5 Å². The van der Waals surface area contributed by atoms with Crippen molar-refractivity contribution in [1.29, 1.82) is 0 Å². The quantitative estimate of drug-likeness (QED) is 0.871. The lowest BCUT2D eigenvalue weighted by Gasteiger charge is -2.19. The molecule has 0 fully saturated rings. The maximum Gasteiger partial charge on any atom is 0.416 e. The molecule has 0 saturated heterocycles. The third-order valence-electron chi connectivity index (χ3n) is 3.66. The van der Waals surface area contributed by atoms with Gasteiger partial charge in [-0.1, -0.05) is 24.3 Å². The minimum absolute atomic E-state index is 0. The summed E-state index contributed by atoms with van der Waals surface area (Å²) in [7, 11) is 0. The molecule has 3 rings (SSSR count). The Kier molecular flexibility index (Phi) is 5.02. The van der Waals surface area contributed by atoms with E-state index in [1.165, 1.54) is 12.1 Å². The van der Waals surface area contributed by atoms with Crippen molar-refractivity contribution in [1.82, 2.24) is 0 Å². The smallest absolute Gasteiger partial charge is 0.416 e. The molecule has 1 aliphatic heterocycles. The van der Waals surface area contributed by atoms with Crippen LogP contribution in [-0.2, 0) is 6.18 Å². The van der Waals surface area contributed by atoms with Gasteiger partial charge in [0.15, 0.2) is 0 Å². The van der Waals surface area contributed by atoms with Crippen LogP contribution in [0, 0.1) is 0 Å². The van der Waals surface area contributed by atoms with Crippen LogP contribution in [0.2, 0.25) is 0 Å². The summed E-state index contributed by atoms with van der Waals surface area (Å²) in [5, 5.41) is 0. The van der Waals surface area contributed by atoms with Crippen LogP contribution in [0.4, 0.5) is 13.2 Å². The summed E-state index contributed by atoms with van der Waals surface area (Å²) in [6, 6.07) is 10.7. The van der Waals surface area contributed by atoms with Crippen LogP contribution in [0.15, 0.2) is 48.5 Å². The van der Waals surface area contributed by atoms with Gasteiger partial charge in [0.25, 0.3) is 0 Å². The molecule has 0 bridgehead atoms. The number of halogens is 4. The number of hydrogen-bond donors (Lipinski definition) is 1. The molecular formula is C17H15ClF3NO. The van der Waals surface area contributed by atoms with E-state index in [0.29, 0.717) is 24.5 Å². The van der Waals surface area contributed by atoms with Gasteiger partial charge in [0.1, 0.15) is 12.4 Å². The first-order valence-electron chi connectivity index (χ1n) is 6.83. The van der Waals surface area contributed by atoms with Gasteiger partial charge in [-0.05, 0) is 41.0 Å². The molecule has 1 heterocycles. The van der Waals surface area contributed by atoms with Crippen molar-refractivity contribution in [3.8, 4) is 16.9 Å². The molecule has 2 aromatic rings. The van der Waals surface area contributed by atoms with Crippen molar-refractivity contribution >= 4 is 18.0 Å². The lowest BCUT2D eigenvalue weighted by atomic mass is 9.97. The highest BCUT2D eigenvalue weighted by Crippen LogP contribution is 2.35. The SMILES string of the molecule is Cl.NCC1=CCOc2cc(-c3ccc(C(F)(F)F)cc3)ccc21. The van der Waals surface area contributed by atoms with Crippen molar-refractivity contribution in [2.45, 2.75) is 6.18 Å². The minimum Gasteiger partial charge on any atom is -0.489 e. The number of alkyl halides is 3. The fourth-order valence-electron chi connectivity index (χ4n) is 2.47. The van der Waals surface area contributed by atoms with E-state index in [2.05, 4.69) is 0 Å². The van der Waals surface area contributed by atoms with Gasteiger partial charge in [0.05, 0.1) is 5.56 Å². The van der Waals surface area contributed by atoms with E-state index < -0.39 is 11.7 Å². The van der Waals surface area contributed by atoms with E-state index in [0.717, 1.165) is 28.8 Å². The molecule has 2 aromatic carbocycles. The summed E-state index contributed by atoms with van der Waals surface area (Å²) in [6.45, 7) is 0.881. The number of rotatable bonds is 2. The predicted octanol–water partition coefficient (Wildman–Crippen LogP) is 4.53. The molecule has 0 aromatic heterocycles. The number of hydrogen-bond acceptors (Lipinski definition) is 2. The van der Waals surface area contributed by atoms with Crippen molar-refractivity contribution < 1.29 is 17.9 Å². The zero-order valence-corrected chi connectivity index (χ0v) is 12.9. The van der Waals surface area contributed by atoms with Crippen LogP contribution >= 0.6 is 12.4 Å². The molecule has 2 nitrogen and oxygen atoms in total. The monoisotopic (exact) mass is 341 g/mol. The maximum absolute atomic E-state index is 12.6. The molecule has 23 heavy (non-hydrogen) atoms. The minimum atomic E-state index is -4.32. The van der Waals surface area contributed by atoms with Crippen LogP contribution in [0.1, 0.15) is 11.1 Å². The largest absolute Gasteiger partial charge is 0.489 e. The first-order valence-corrected chi connectivity index (χ1v) is 6.83. The van der Waals surface area contributed by atoms with Gasteiger partial charge < -0.3 is 10.5 Å². The summed E-state index contributed by atoms with van der Waals surface area (Å²) in [4.78, 5) is 0. The van der Waals surface area contributed by atoms with Crippen LogP contribution in [-0.4, -0.2) is 13.2 Å². The van der Waals surface area contributed by atoms with Crippen molar-refractivity contribution in [3.63, 3.8) is 0 Å². The highest BCUT2D eigenvalue weighted by Gasteiger charge is 2.30. The molecule has 0 aliphatic carbocycles. The lowest BCUT2D eigenvalue weighted by molar-refractivity contribution is -0.137. The molecule has 6 heteroatoms. The average molecular weight is 342 g/mol. The van der Waals surface area contributed by atoms with E-state index >= 15 is 0 Å². The summed E-state index contributed by atoms with van der Waals surface area (Å²) < 4.78 is 43.4. The molecular weight excluding hydrogens is 327 g/mol. The molecule has 1 aliphatic rings. The Labute approximate surface area is 138 Å². The molecule has 0 unspecified atom stereocenters. The van der Waals surface area contributed by atoms with Crippen molar-refractivity contribution in [2.75, 3.05) is 13.2 Å². The molecule has 0 atom stereocenters. The number of nitrogens with two attached hydrogens (primary N) is 1. The first kappa shape index (κ1) is 17.4. The third kappa shape index (κ3) is 3.51. The Hall–Kier alpha value is -1.98. The highest BCUT2D eigenvalue weighted by molar-refractivity contribution is 5.85. The van der Waals surface area contributed by atoms with Gasteiger partial charge in [-0.25, -0.2) is 0 Å². The topological polar surface area (TPSA) is 35.2 Å². The molecule has 0 radical (unpaired) electrons. The number of ether oxygens (including phenoxy) is 1.